The topological polar surface area (TPSA) is 260 Å². The molecule has 3 atom stereocenters. The van der Waals surface area contributed by atoms with E-state index in [9.17, 15) is 0 Å². The van der Waals surface area contributed by atoms with Crippen molar-refractivity contribution in [1.82, 2.24) is 15.0 Å². The Morgan fingerprint density at radius 3 is 0.625 bits per heavy atom. The highest BCUT2D eigenvalue weighted by molar-refractivity contribution is 5.95. The Bertz CT molecular complexity index is 4120. The molecule has 27 heteroatoms. The fourth-order valence-electron chi connectivity index (χ4n) is 16.6. The van der Waals surface area contributed by atoms with Crippen LogP contribution in [0.1, 0.15) is 87.5 Å². The van der Waals surface area contributed by atoms with Crippen molar-refractivity contribution in [2.24, 2.45) is 11.8 Å². The summed E-state index contributed by atoms with van der Waals surface area (Å²) >= 11 is 0. The van der Waals surface area contributed by atoms with Crippen molar-refractivity contribution in [3.8, 4) is 33.8 Å². The van der Waals surface area contributed by atoms with E-state index in [-0.39, 0.29) is 23.7 Å². The van der Waals surface area contributed by atoms with E-state index < -0.39 is 0 Å². The zero-order valence-electron chi connectivity index (χ0n) is 76.2. The number of benzene rings is 6. The van der Waals surface area contributed by atoms with Gasteiger partial charge in [-0.25, -0.2) is 0 Å². The zero-order chi connectivity index (χ0) is 88.9. The zero-order valence-corrected chi connectivity index (χ0v) is 76.2. The molecule has 3 aliphatic rings. The number of hydrogen-bond acceptors (Lipinski definition) is 27. The Labute approximate surface area is 756 Å². The summed E-state index contributed by atoms with van der Waals surface area (Å²) in [5.74, 6) is 0.388. The Kier molecular flexibility index (Phi) is 47.9. The summed E-state index contributed by atoms with van der Waals surface area (Å²) in [6.07, 6.45) is 2.87. The fraction of sp³-hybridized carbons (Fsp3) is 0.554. The Morgan fingerprint density at radius 2 is 0.406 bits per heavy atom. The van der Waals surface area contributed by atoms with Crippen molar-refractivity contribution in [3.63, 3.8) is 0 Å². The molecule has 3 saturated carbocycles. The SMILES string of the molecule is COCCOCCOCCOCc1cccc2cc(-c3cccc([C@@H]4CC5C[C@@H](c6cccc(-c7cc(COCCOCCOCCOC)c8c(COCCOCCOCCOC)cccc8c7)n6)C4[C@H](c4cccc(-c6cc(COCCOCCOCCOC)c7c(COCCOCCOCCOC)cccc7c6)n4)C5)n3)cc(COCCOCCOCCOC)c12. The lowest BCUT2D eigenvalue weighted by atomic mass is 9.53. The molecule has 3 aliphatic carbocycles. The summed E-state index contributed by atoms with van der Waals surface area (Å²) in [5, 5.41) is 6.41. The molecule has 128 heavy (non-hydrogen) atoms. The van der Waals surface area contributed by atoms with E-state index in [0.717, 1.165) is 136 Å². The molecule has 0 radical (unpaired) electrons. The minimum absolute atomic E-state index is 0.0192. The van der Waals surface area contributed by atoms with Gasteiger partial charge >= 0.3 is 0 Å². The minimum Gasteiger partial charge on any atom is -0.382 e. The van der Waals surface area contributed by atoms with Crippen LogP contribution in [0.5, 0.6) is 0 Å². The first kappa shape index (κ1) is 101. The number of pyridine rings is 3. The summed E-state index contributed by atoms with van der Waals surface area (Å²) < 4.78 is 139. The van der Waals surface area contributed by atoms with Crippen LogP contribution in [0.25, 0.3) is 66.1 Å². The van der Waals surface area contributed by atoms with E-state index >= 15 is 0 Å². The molecule has 0 spiro atoms. The lowest BCUT2D eigenvalue weighted by Gasteiger charge is -2.51. The Hall–Kier alpha value is -7.41. The van der Waals surface area contributed by atoms with Gasteiger partial charge in [0.25, 0.3) is 0 Å². The number of hydrogen-bond donors (Lipinski definition) is 0. The monoisotopic (exact) mass is 1780 g/mol. The Morgan fingerprint density at radius 1 is 0.211 bits per heavy atom. The van der Waals surface area contributed by atoms with Gasteiger partial charge in [-0.3, -0.25) is 15.0 Å². The quantitative estimate of drug-likeness (QED) is 0.0321. The van der Waals surface area contributed by atoms with E-state index in [0.29, 0.717) is 283 Å². The molecule has 0 N–H and O–H groups in total. The lowest BCUT2D eigenvalue weighted by Crippen LogP contribution is -2.41. The van der Waals surface area contributed by atoms with Crippen LogP contribution in [0.3, 0.4) is 0 Å². The first-order chi connectivity index (χ1) is 63.4. The van der Waals surface area contributed by atoms with Gasteiger partial charge in [0.2, 0.25) is 0 Å². The van der Waals surface area contributed by atoms with E-state index in [2.05, 4.69) is 146 Å². The van der Waals surface area contributed by atoms with Crippen molar-refractivity contribution in [2.45, 2.75) is 76.7 Å². The predicted octanol–water partition coefficient (Wildman–Crippen LogP) is 14.6. The van der Waals surface area contributed by atoms with Gasteiger partial charge in [-0.2, -0.15) is 0 Å². The summed E-state index contributed by atoms with van der Waals surface area (Å²) in [5.41, 5.74) is 14.9. The molecule has 2 bridgehead atoms. The van der Waals surface area contributed by atoms with Crippen LogP contribution in [-0.4, -0.2) is 295 Å². The van der Waals surface area contributed by atoms with Crippen LogP contribution in [0.15, 0.2) is 146 Å². The van der Waals surface area contributed by atoms with Crippen LogP contribution < -0.4 is 0 Å². The Balaban J connectivity index is 0.927. The molecule has 700 valence electrons. The van der Waals surface area contributed by atoms with Crippen LogP contribution in [0.2, 0.25) is 0 Å². The molecular formula is C101H137N3O24. The second-order valence-electron chi connectivity index (χ2n) is 31.4. The number of aromatic nitrogens is 3. The number of methoxy groups -OCH3 is 6. The van der Waals surface area contributed by atoms with Gasteiger partial charge in [-0.15, -0.1) is 0 Å². The molecule has 0 saturated heterocycles. The molecule has 3 aromatic heterocycles. The van der Waals surface area contributed by atoms with E-state index in [1.54, 1.807) is 42.7 Å². The van der Waals surface area contributed by atoms with E-state index in [4.69, 9.17) is 129 Å². The number of ether oxygens (including phenoxy) is 24. The first-order valence-electron chi connectivity index (χ1n) is 45.3. The highest BCUT2D eigenvalue weighted by atomic mass is 16.6. The van der Waals surface area contributed by atoms with Crippen LogP contribution >= 0.6 is 0 Å². The van der Waals surface area contributed by atoms with Gasteiger partial charge in [0.05, 0.1) is 295 Å². The molecule has 3 fully saturated rings. The third-order valence-electron chi connectivity index (χ3n) is 22.5. The largest absolute Gasteiger partial charge is 0.382 e. The second-order valence-corrected chi connectivity index (χ2v) is 31.4. The molecule has 0 amide bonds. The van der Waals surface area contributed by atoms with Crippen LogP contribution in [0, 0.1) is 11.8 Å². The van der Waals surface area contributed by atoms with Crippen molar-refractivity contribution in [1.29, 1.82) is 0 Å². The van der Waals surface area contributed by atoms with Crippen molar-refractivity contribution >= 4 is 32.3 Å². The van der Waals surface area contributed by atoms with Crippen LogP contribution in [0.4, 0.5) is 0 Å². The van der Waals surface area contributed by atoms with Gasteiger partial charge in [-0.1, -0.05) is 72.8 Å². The second kappa shape index (κ2) is 60.6. The molecule has 0 unspecified atom stereocenters. The highest BCUT2D eigenvalue weighted by Gasteiger charge is 2.51. The summed E-state index contributed by atoms with van der Waals surface area (Å²) in [6, 6.07) is 52.5. The molecule has 9 aromatic rings. The maximum atomic E-state index is 6.51. The van der Waals surface area contributed by atoms with Crippen LogP contribution in [-0.2, 0) is 153 Å². The molecular weight excluding hydrogens is 1640 g/mol. The van der Waals surface area contributed by atoms with E-state index in [1.807, 2.05) is 0 Å². The van der Waals surface area contributed by atoms with Gasteiger partial charge in [0.15, 0.2) is 0 Å². The summed E-state index contributed by atoms with van der Waals surface area (Å²) in [6.45, 7) is 19.1. The van der Waals surface area contributed by atoms with Crippen molar-refractivity contribution in [2.75, 3.05) is 281 Å². The molecule has 0 aliphatic heterocycles. The maximum absolute atomic E-state index is 6.51. The third kappa shape index (κ3) is 33.7. The molecule has 12 rings (SSSR count). The molecule has 3 heterocycles. The van der Waals surface area contributed by atoms with Gasteiger partial charge in [0, 0.05) is 94.2 Å². The van der Waals surface area contributed by atoms with E-state index in [1.165, 1.54) is 0 Å². The predicted molar refractivity (Wildman–Crippen MR) is 490 cm³/mol. The van der Waals surface area contributed by atoms with Crippen molar-refractivity contribution < 1.29 is 114 Å². The lowest BCUT2D eigenvalue weighted by molar-refractivity contribution is 0.000526. The standard InChI is InChI=1S/C101H137N3O24/c1-105-25-31-111-37-43-117-49-55-123-70-80-16-7-13-77-64-83(67-86(98(77)80)73-126-58-52-120-46-40-114-34-28-108-4)92-19-10-22-95(102-92)89-61-76-62-90(96-23-11-20-93(103-96)84-65-78-14-8-17-81(71-124-56-50-118-44-38-112-32-26-106-2)99(78)87(68-84)74-127-59-53-121-47-41-115-35-29-109-5)101(89)91(63-76)97-24-12-21-94(104-97)85-66-79-15-9-18-82(72-125-57-51-119-45-39-113-33-27-107-3)100(79)88(69-85)75-128-60-54-122-48-42-116-36-30-110-6/h7-24,64-69,76,89-91,101H,25-63,70-75H2,1-6H3/t76?,89-,90-,91-,101?/m0/s1. The smallest absolute Gasteiger partial charge is 0.0724 e. The van der Waals surface area contributed by atoms with Gasteiger partial charge < -0.3 is 114 Å². The summed E-state index contributed by atoms with van der Waals surface area (Å²) in [7, 11) is 9.97. The first-order valence-corrected chi connectivity index (χ1v) is 45.3. The molecule has 27 nitrogen and oxygen atoms in total. The van der Waals surface area contributed by atoms with Gasteiger partial charge in [0.1, 0.15) is 0 Å². The summed E-state index contributed by atoms with van der Waals surface area (Å²) in [4.78, 5) is 17.5. The fourth-order valence-corrected chi connectivity index (χ4v) is 16.6. The highest BCUT2D eigenvalue weighted by Crippen LogP contribution is 2.61. The number of fused-ring (bicyclic) bond motifs is 6. The number of nitrogens with zero attached hydrogens (tertiary/aromatic N) is 3. The minimum atomic E-state index is 0.0192. The van der Waals surface area contributed by atoms with Crippen molar-refractivity contribution in [3.05, 3.63) is 196 Å². The average molecular weight is 1780 g/mol. The third-order valence-corrected chi connectivity index (χ3v) is 22.5. The average Bonchev–Trinajstić information content (AvgIpc) is 0.731. The van der Waals surface area contributed by atoms with Gasteiger partial charge in [-0.05, 0) is 170 Å². The number of rotatable bonds is 72. The normalized spacial score (nSPS) is 15.8. The maximum Gasteiger partial charge on any atom is 0.0724 e. The molecule has 6 aromatic carbocycles.